The molecule has 0 N–H and O–H groups in total. The third-order valence-corrected chi connectivity index (χ3v) is 7.37. The zero-order chi connectivity index (χ0) is 21.5. The van der Waals surface area contributed by atoms with E-state index in [1.54, 1.807) is 17.7 Å². The molecule has 7 heteroatoms. The van der Waals surface area contributed by atoms with Gasteiger partial charge in [-0.25, -0.2) is 4.98 Å². The molecule has 162 valence electrons. The van der Waals surface area contributed by atoms with Crippen LogP contribution in [0, 0.1) is 10.8 Å². The molecule has 1 aliphatic heterocycles. The lowest BCUT2D eigenvalue weighted by molar-refractivity contribution is -0.129. The number of nitrogens with zero attached hydrogens (tertiary/aromatic N) is 3. The van der Waals surface area contributed by atoms with Crippen LogP contribution in [0.1, 0.15) is 40.0 Å². The molecule has 2 bridgehead atoms. The molecule has 1 amide bonds. The van der Waals surface area contributed by atoms with Crippen molar-refractivity contribution < 1.29 is 9.53 Å². The van der Waals surface area contributed by atoms with E-state index in [-0.39, 0.29) is 22.3 Å². The summed E-state index contributed by atoms with van der Waals surface area (Å²) < 4.78 is 6.82. The highest BCUT2D eigenvalue weighted by Gasteiger charge is 2.50. The van der Waals surface area contributed by atoms with Gasteiger partial charge in [-0.05, 0) is 42.2 Å². The number of thioether (sulfide) groups is 1. The van der Waals surface area contributed by atoms with Crippen LogP contribution in [-0.2, 0) is 16.1 Å². The third-order valence-electron chi connectivity index (χ3n) is 6.41. The van der Waals surface area contributed by atoms with E-state index in [0.29, 0.717) is 41.0 Å². The number of fused-ring (bicyclic) bond motifs is 3. The number of hydrogen-bond acceptors (Lipinski definition) is 5. The number of carbonyl (C=O) groups is 1. The number of aromatic nitrogens is 2. The molecule has 1 saturated heterocycles. The maximum Gasteiger partial charge on any atom is 0.262 e. The highest BCUT2D eigenvalue weighted by molar-refractivity contribution is 7.99. The van der Waals surface area contributed by atoms with Crippen LogP contribution in [0.15, 0.2) is 34.2 Å². The van der Waals surface area contributed by atoms with Crippen molar-refractivity contribution in [1.29, 1.82) is 0 Å². The number of methoxy groups -OCH3 is 1. The molecule has 0 unspecified atom stereocenters. The van der Waals surface area contributed by atoms with E-state index in [9.17, 15) is 9.59 Å². The van der Waals surface area contributed by atoms with Crippen molar-refractivity contribution >= 4 is 28.6 Å². The van der Waals surface area contributed by atoms with Crippen LogP contribution in [0.3, 0.4) is 0 Å². The lowest BCUT2D eigenvalue weighted by atomic mass is 9.65. The highest BCUT2D eigenvalue weighted by atomic mass is 32.2. The summed E-state index contributed by atoms with van der Waals surface area (Å²) in [6.07, 6.45) is 3.32. The SMILES string of the molecule is COCCn1c(SCC(=O)N2C[C@@]3(C)C[C@@H]2CC(C)(C)C3)nc2ccccc2c1=O. The summed E-state index contributed by atoms with van der Waals surface area (Å²) in [6.45, 7) is 8.61. The quantitative estimate of drug-likeness (QED) is 0.519. The van der Waals surface area contributed by atoms with E-state index in [1.165, 1.54) is 11.8 Å². The first-order valence-corrected chi connectivity index (χ1v) is 11.6. The smallest absolute Gasteiger partial charge is 0.262 e. The molecule has 1 aliphatic carbocycles. The number of likely N-dealkylation sites (tertiary alicyclic amines) is 1. The van der Waals surface area contributed by atoms with Gasteiger partial charge < -0.3 is 9.64 Å². The van der Waals surface area contributed by atoms with Crippen molar-refractivity contribution in [3.63, 3.8) is 0 Å². The van der Waals surface area contributed by atoms with E-state index in [1.807, 2.05) is 18.2 Å². The monoisotopic (exact) mass is 429 g/mol. The lowest BCUT2D eigenvalue weighted by Crippen LogP contribution is -2.38. The van der Waals surface area contributed by atoms with Crippen LogP contribution in [-0.4, -0.2) is 52.4 Å². The van der Waals surface area contributed by atoms with Gasteiger partial charge in [0.05, 0.1) is 29.8 Å². The number of amides is 1. The van der Waals surface area contributed by atoms with Gasteiger partial charge in [-0.2, -0.15) is 0 Å². The van der Waals surface area contributed by atoms with Gasteiger partial charge in [-0.3, -0.25) is 14.2 Å². The Hall–Kier alpha value is -1.86. The Morgan fingerprint density at radius 1 is 1.27 bits per heavy atom. The minimum absolute atomic E-state index is 0.0844. The normalized spacial score (nSPS) is 25.1. The van der Waals surface area contributed by atoms with Crippen LogP contribution < -0.4 is 5.56 Å². The van der Waals surface area contributed by atoms with Crippen LogP contribution >= 0.6 is 11.8 Å². The van der Waals surface area contributed by atoms with Gasteiger partial charge in [0.1, 0.15) is 0 Å². The van der Waals surface area contributed by atoms with Crippen molar-refractivity contribution in [2.45, 2.75) is 57.8 Å². The molecular formula is C23H31N3O3S. The Bertz CT molecular complexity index is 1020. The number of carbonyl (C=O) groups excluding carboxylic acids is 1. The molecule has 2 atom stereocenters. The van der Waals surface area contributed by atoms with Gasteiger partial charge in [0, 0.05) is 19.7 Å². The predicted molar refractivity (Wildman–Crippen MR) is 120 cm³/mol. The highest BCUT2D eigenvalue weighted by Crippen LogP contribution is 2.52. The van der Waals surface area contributed by atoms with Crippen LogP contribution in [0.25, 0.3) is 10.9 Å². The number of para-hydroxylation sites is 1. The topological polar surface area (TPSA) is 64.4 Å². The average molecular weight is 430 g/mol. The zero-order valence-electron chi connectivity index (χ0n) is 18.3. The fourth-order valence-corrected chi connectivity index (χ4v) is 6.51. The van der Waals surface area contributed by atoms with Crippen LogP contribution in [0.2, 0.25) is 0 Å². The molecule has 1 aromatic carbocycles. The summed E-state index contributed by atoms with van der Waals surface area (Å²) in [5.41, 5.74) is 1.07. The Balaban J connectivity index is 1.55. The predicted octanol–water partition coefficient (Wildman–Crippen LogP) is 3.56. The van der Waals surface area contributed by atoms with Gasteiger partial charge >= 0.3 is 0 Å². The molecule has 6 nitrogen and oxygen atoms in total. The van der Waals surface area contributed by atoms with E-state index in [4.69, 9.17) is 9.72 Å². The van der Waals surface area contributed by atoms with Gasteiger partial charge in [0.25, 0.3) is 5.56 Å². The Morgan fingerprint density at radius 3 is 2.80 bits per heavy atom. The standard InChI is InChI=1S/C23H31N3O3S/c1-22(2)11-16-12-23(3,14-22)15-26(16)19(27)13-30-21-24-18-8-6-5-7-17(18)20(28)25(21)9-10-29-4/h5-8,16H,9-15H2,1-4H3/t16-,23-/m0/s1. The van der Waals surface area contributed by atoms with Gasteiger partial charge in [-0.1, -0.05) is 44.7 Å². The van der Waals surface area contributed by atoms with E-state index < -0.39 is 0 Å². The summed E-state index contributed by atoms with van der Waals surface area (Å²) in [6, 6.07) is 7.68. The second kappa shape index (κ2) is 8.00. The summed E-state index contributed by atoms with van der Waals surface area (Å²) in [5.74, 6) is 0.442. The molecular weight excluding hydrogens is 398 g/mol. The summed E-state index contributed by atoms with van der Waals surface area (Å²) in [4.78, 5) is 32.9. The second-order valence-corrected chi connectivity index (χ2v) is 10.8. The first-order valence-electron chi connectivity index (χ1n) is 10.6. The molecule has 0 spiro atoms. The maximum atomic E-state index is 13.2. The first kappa shape index (κ1) is 21.4. The number of hydrogen-bond donors (Lipinski definition) is 0. The molecule has 0 radical (unpaired) electrons. The number of rotatable bonds is 6. The van der Waals surface area contributed by atoms with Gasteiger partial charge in [-0.15, -0.1) is 0 Å². The van der Waals surface area contributed by atoms with Crippen molar-refractivity contribution in [1.82, 2.24) is 14.5 Å². The van der Waals surface area contributed by atoms with Crippen molar-refractivity contribution in [2.24, 2.45) is 10.8 Å². The van der Waals surface area contributed by atoms with E-state index in [0.717, 1.165) is 25.8 Å². The van der Waals surface area contributed by atoms with Crippen LogP contribution in [0.4, 0.5) is 0 Å². The number of benzene rings is 1. The fraction of sp³-hybridized carbons (Fsp3) is 0.609. The molecule has 2 aliphatic rings. The summed E-state index contributed by atoms with van der Waals surface area (Å²) >= 11 is 1.36. The Kier molecular flexibility index (Phi) is 5.70. The third kappa shape index (κ3) is 4.14. The van der Waals surface area contributed by atoms with Gasteiger partial charge in [0.2, 0.25) is 5.91 Å². The lowest BCUT2D eigenvalue weighted by Gasteiger charge is -2.39. The zero-order valence-corrected chi connectivity index (χ0v) is 19.1. The van der Waals surface area contributed by atoms with Crippen LogP contribution in [0.5, 0.6) is 0 Å². The van der Waals surface area contributed by atoms with E-state index >= 15 is 0 Å². The number of ether oxygens (including phenoxy) is 1. The summed E-state index contributed by atoms with van der Waals surface area (Å²) in [5, 5.41) is 1.17. The van der Waals surface area contributed by atoms with E-state index in [2.05, 4.69) is 25.7 Å². The minimum atomic E-state index is -0.0844. The van der Waals surface area contributed by atoms with Crippen molar-refractivity contribution in [3.8, 4) is 0 Å². The van der Waals surface area contributed by atoms with Gasteiger partial charge in [0.15, 0.2) is 5.16 Å². The molecule has 30 heavy (non-hydrogen) atoms. The molecule has 2 heterocycles. The Labute approximate surface area is 182 Å². The molecule has 1 aromatic heterocycles. The second-order valence-electron chi connectivity index (χ2n) is 9.89. The molecule has 4 rings (SSSR count). The van der Waals surface area contributed by atoms with Crippen molar-refractivity contribution in [2.75, 3.05) is 26.0 Å². The largest absolute Gasteiger partial charge is 0.383 e. The molecule has 1 saturated carbocycles. The minimum Gasteiger partial charge on any atom is -0.383 e. The maximum absolute atomic E-state index is 13.2. The fourth-order valence-electron chi connectivity index (χ4n) is 5.60. The average Bonchev–Trinajstić information content (AvgIpc) is 2.94. The first-order chi connectivity index (χ1) is 14.2. The van der Waals surface area contributed by atoms with Crippen molar-refractivity contribution in [3.05, 3.63) is 34.6 Å². The molecule has 2 aromatic rings. The summed E-state index contributed by atoms with van der Waals surface area (Å²) in [7, 11) is 1.61. The molecule has 2 fully saturated rings. The Morgan fingerprint density at radius 2 is 2.03 bits per heavy atom.